The molecule has 0 N–H and O–H groups in total. The lowest BCUT2D eigenvalue weighted by Crippen LogP contribution is -2.10. The fourth-order valence-corrected chi connectivity index (χ4v) is 5.91. The van der Waals surface area contributed by atoms with Gasteiger partial charge < -0.3 is 0 Å². The average molecular weight is 569 g/mol. The SMILES string of the molecule is C=Cc1ccccc1CC(C)Cc1nc(-c2ccc(-c3cccc4cccnc34)cc2)nc(-c2ccc3ccccc3c2)n1. The first kappa shape index (κ1) is 27.4. The summed E-state index contributed by atoms with van der Waals surface area (Å²) in [5.41, 5.74) is 7.62. The van der Waals surface area contributed by atoms with Crippen molar-refractivity contribution < 1.29 is 0 Å². The van der Waals surface area contributed by atoms with Gasteiger partial charge >= 0.3 is 0 Å². The van der Waals surface area contributed by atoms with E-state index >= 15 is 0 Å². The summed E-state index contributed by atoms with van der Waals surface area (Å²) in [5.74, 6) is 2.50. The predicted molar refractivity (Wildman–Crippen MR) is 182 cm³/mol. The van der Waals surface area contributed by atoms with E-state index in [9.17, 15) is 0 Å². The van der Waals surface area contributed by atoms with Gasteiger partial charge in [0.1, 0.15) is 5.82 Å². The van der Waals surface area contributed by atoms with E-state index in [1.54, 1.807) is 0 Å². The lowest BCUT2D eigenvalue weighted by atomic mass is 9.94. The summed E-state index contributed by atoms with van der Waals surface area (Å²) >= 11 is 0. The lowest BCUT2D eigenvalue weighted by molar-refractivity contribution is 0.557. The van der Waals surface area contributed by atoms with E-state index in [1.165, 1.54) is 16.5 Å². The molecule has 0 aliphatic carbocycles. The third-order valence-electron chi connectivity index (χ3n) is 8.15. The minimum atomic E-state index is 0.331. The van der Waals surface area contributed by atoms with Crippen LogP contribution >= 0.6 is 0 Å². The molecule has 0 saturated heterocycles. The van der Waals surface area contributed by atoms with Crippen LogP contribution < -0.4 is 0 Å². The Morgan fingerprint density at radius 2 is 1.30 bits per heavy atom. The molecular formula is C40H32N4. The second kappa shape index (κ2) is 12.0. The average Bonchev–Trinajstić information content (AvgIpc) is 3.08. The second-order valence-electron chi connectivity index (χ2n) is 11.3. The van der Waals surface area contributed by atoms with Crippen LogP contribution in [0.1, 0.15) is 23.9 Å². The topological polar surface area (TPSA) is 51.6 Å². The van der Waals surface area contributed by atoms with Crippen molar-refractivity contribution in [2.45, 2.75) is 19.8 Å². The smallest absolute Gasteiger partial charge is 0.163 e. The minimum absolute atomic E-state index is 0.331. The molecule has 5 aromatic carbocycles. The van der Waals surface area contributed by atoms with E-state index < -0.39 is 0 Å². The standard InChI is InChI=1S/C40H32N4/c1-3-28-10-4-6-12-33(28)24-27(2)25-37-42-39(44-40(43-37)35-22-17-29-11-5-7-13-34(29)26-35)32-20-18-30(19-21-32)36-16-8-14-31-15-9-23-41-38(31)36/h3-23,26-27H,1,24-25H2,2H3. The van der Waals surface area contributed by atoms with E-state index in [0.717, 1.165) is 57.2 Å². The molecule has 0 radical (unpaired) electrons. The number of benzene rings is 5. The number of rotatable bonds is 8. The fraction of sp³-hybridized carbons (Fsp3) is 0.100. The number of aromatic nitrogens is 4. The molecule has 0 saturated carbocycles. The number of hydrogen-bond donors (Lipinski definition) is 0. The molecule has 0 spiro atoms. The highest BCUT2D eigenvalue weighted by molar-refractivity contribution is 5.93. The van der Waals surface area contributed by atoms with Crippen LogP contribution in [-0.2, 0) is 12.8 Å². The van der Waals surface area contributed by atoms with Gasteiger partial charge in [0.15, 0.2) is 11.6 Å². The molecule has 4 nitrogen and oxygen atoms in total. The fourth-order valence-electron chi connectivity index (χ4n) is 5.91. The first-order valence-corrected chi connectivity index (χ1v) is 15.0. The maximum atomic E-state index is 5.01. The van der Waals surface area contributed by atoms with Crippen LogP contribution in [0.15, 0.2) is 134 Å². The summed E-state index contributed by atoms with van der Waals surface area (Å²) in [5, 5.41) is 3.48. The van der Waals surface area contributed by atoms with Gasteiger partial charge in [-0.2, -0.15) is 0 Å². The Balaban J connectivity index is 1.26. The van der Waals surface area contributed by atoms with Gasteiger partial charge in [-0.15, -0.1) is 0 Å². The molecule has 212 valence electrons. The van der Waals surface area contributed by atoms with Gasteiger partial charge in [0.05, 0.1) is 5.52 Å². The normalized spacial score (nSPS) is 11.9. The zero-order valence-electron chi connectivity index (χ0n) is 24.7. The highest BCUT2D eigenvalue weighted by Crippen LogP contribution is 2.30. The van der Waals surface area contributed by atoms with Crippen LogP contribution in [0.3, 0.4) is 0 Å². The van der Waals surface area contributed by atoms with Crippen molar-refractivity contribution in [3.05, 3.63) is 151 Å². The summed E-state index contributed by atoms with van der Waals surface area (Å²) in [6, 6.07) is 42.0. The number of pyridine rings is 1. The van der Waals surface area contributed by atoms with Gasteiger partial charge in [-0.05, 0) is 51.9 Å². The quantitative estimate of drug-likeness (QED) is 0.183. The van der Waals surface area contributed by atoms with E-state index in [-0.39, 0.29) is 0 Å². The Bertz CT molecular complexity index is 2110. The lowest BCUT2D eigenvalue weighted by Gasteiger charge is -2.14. The Morgan fingerprint density at radius 3 is 2.14 bits per heavy atom. The van der Waals surface area contributed by atoms with Gasteiger partial charge in [0.25, 0.3) is 0 Å². The van der Waals surface area contributed by atoms with Crippen molar-refractivity contribution in [1.29, 1.82) is 0 Å². The number of fused-ring (bicyclic) bond motifs is 2. The monoisotopic (exact) mass is 568 g/mol. The van der Waals surface area contributed by atoms with Gasteiger partial charge in [-0.25, -0.2) is 15.0 Å². The van der Waals surface area contributed by atoms with Crippen LogP contribution in [0.2, 0.25) is 0 Å². The van der Waals surface area contributed by atoms with Gasteiger partial charge in [-0.1, -0.05) is 129 Å². The van der Waals surface area contributed by atoms with Gasteiger partial charge in [0, 0.05) is 34.7 Å². The Hall–Kier alpha value is -5.48. The summed E-state index contributed by atoms with van der Waals surface area (Å²) in [6.45, 7) is 6.25. The first-order chi connectivity index (χ1) is 21.6. The van der Waals surface area contributed by atoms with Crippen LogP contribution in [0.25, 0.3) is 61.7 Å². The summed E-state index contributed by atoms with van der Waals surface area (Å²) < 4.78 is 0. The predicted octanol–water partition coefficient (Wildman–Crippen LogP) is 9.64. The molecule has 0 bridgehead atoms. The molecule has 0 fully saturated rings. The van der Waals surface area contributed by atoms with Gasteiger partial charge in [0.2, 0.25) is 0 Å². The van der Waals surface area contributed by atoms with Crippen LogP contribution in [0.5, 0.6) is 0 Å². The van der Waals surface area contributed by atoms with E-state index in [2.05, 4.69) is 134 Å². The first-order valence-electron chi connectivity index (χ1n) is 15.0. The summed E-state index contributed by atoms with van der Waals surface area (Å²) in [4.78, 5) is 19.7. The minimum Gasteiger partial charge on any atom is -0.256 e. The van der Waals surface area contributed by atoms with E-state index in [1.807, 2.05) is 18.3 Å². The van der Waals surface area contributed by atoms with E-state index in [0.29, 0.717) is 17.6 Å². The van der Waals surface area contributed by atoms with Gasteiger partial charge in [-0.3, -0.25) is 4.98 Å². The Morgan fingerprint density at radius 1 is 0.614 bits per heavy atom. The zero-order chi connectivity index (χ0) is 29.9. The number of hydrogen-bond acceptors (Lipinski definition) is 4. The largest absolute Gasteiger partial charge is 0.256 e. The second-order valence-corrected chi connectivity index (χ2v) is 11.3. The van der Waals surface area contributed by atoms with Crippen molar-refractivity contribution in [3.63, 3.8) is 0 Å². The zero-order valence-corrected chi connectivity index (χ0v) is 24.7. The Kier molecular flexibility index (Phi) is 7.47. The summed E-state index contributed by atoms with van der Waals surface area (Å²) in [7, 11) is 0. The molecule has 0 amide bonds. The highest BCUT2D eigenvalue weighted by Gasteiger charge is 2.15. The van der Waals surface area contributed by atoms with Crippen molar-refractivity contribution in [2.24, 2.45) is 5.92 Å². The molecule has 2 heterocycles. The molecule has 1 atom stereocenters. The van der Waals surface area contributed by atoms with Crippen molar-refractivity contribution in [3.8, 4) is 33.9 Å². The maximum Gasteiger partial charge on any atom is 0.163 e. The third-order valence-corrected chi connectivity index (χ3v) is 8.15. The third kappa shape index (κ3) is 5.62. The molecule has 0 aliphatic heterocycles. The molecule has 1 unspecified atom stereocenters. The molecular weight excluding hydrogens is 536 g/mol. The molecule has 2 aromatic heterocycles. The molecule has 4 heteroatoms. The molecule has 44 heavy (non-hydrogen) atoms. The van der Waals surface area contributed by atoms with Crippen LogP contribution in [0.4, 0.5) is 0 Å². The van der Waals surface area contributed by atoms with Crippen LogP contribution in [0, 0.1) is 5.92 Å². The number of nitrogens with zero attached hydrogens (tertiary/aromatic N) is 4. The number of para-hydroxylation sites is 1. The van der Waals surface area contributed by atoms with Crippen molar-refractivity contribution >= 4 is 27.8 Å². The highest BCUT2D eigenvalue weighted by atomic mass is 15.0. The molecule has 7 rings (SSSR count). The summed E-state index contributed by atoms with van der Waals surface area (Å²) in [6.07, 6.45) is 5.43. The Labute approximate surface area is 257 Å². The molecule has 7 aromatic rings. The van der Waals surface area contributed by atoms with Crippen LogP contribution in [-0.4, -0.2) is 19.9 Å². The van der Waals surface area contributed by atoms with E-state index in [4.69, 9.17) is 15.0 Å². The molecule has 0 aliphatic rings. The van der Waals surface area contributed by atoms with Crippen molar-refractivity contribution in [1.82, 2.24) is 19.9 Å². The maximum absolute atomic E-state index is 5.01. The van der Waals surface area contributed by atoms with Crippen molar-refractivity contribution in [2.75, 3.05) is 0 Å².